The quantitative estimate of drug-likeness (QED) is 0.869. The van der Waals surface area contributed by atoms with Gasteiger partial charge in [0.2, 0.25) is 5.91 Å². The molecule has 3 nitrogen and oxygen atoms in total. The number of hydrogen-bond donors (Lipinski definition) is 2. The Hall–Kier alpha value is -1.49. The molecule has 1 amide bonds. The molecule has 1 aromatic carbocycles. The Kier molecular flexibility index (Phi) is 6.10. The fourth-order valence-corrected chi connectivity index (χ4v) is 3.25. The molecule has 1 saturated carbocycles. The summed E-state index contributed by atoms with van der Waals surface area (Å²) in [5, 5.41) is 6.07. The summed E-state index contributed by atoms with van der Waals surface area (Å²) in [5.41, 5.74) is 0.360. The Morgan fingerprint density at radius 1 is 1.30 bits per heavy atom. The number of amides is 1. The maximum absolute atomic E-state index is 13.7. The van der Waals surface area contributed by atoms with E-state index in [-0.39, 0.29) is 24.5 Å². The monoisotopic (exact) mass is 324 g/mol. The molecular weight excluding hydrogens is 298 g/mol. The maximum Gasteiger partial charge on any atom is 0.234 e. The van der Waals surface area contributed by atoms with Crippen LogP contribution in [-0.2, 0) is 4.79 Å². The molecule has 0 saturated heterocycles. The van der Waals surface area contributed by atoms with Gasteiger partial charge in [-0.05, 0) is 31.2 Å². The summed E-state index contributed by atoms with van der Waals surface area (Å²) >= 11 is 0. The van der Waals surface area contributed by atoms with E-state index in [1.165, 1.54) is 18.6 Å². The van der Waals surface area contributed by atoms with Gasteiger partial charge in [0.05, 0.1) is 6.54 Å². The van der Waals surface area contributed by atoms with Crippen molar-refractivity contribution in [1.29, 1.82) is 0 Å². The molecule has 4 unspecified atom stereocenters. The van der Waals surface area contributed by atoms with Crippen LogP contribution in [0.15, 0.2) is 18.2 Å². The lowest BCUT2D eigenvalue weighted by Gasteiger charge is -2.34. The normalized spacial score (nSPS) is 25.9. The van der Waals surface area contributed by atoms with E-state index in [0.717, 1.165) is 18.9 Å². The number of rotatable bonds is 5. The van der Waals surface area contributed by atoms with Crippen LogP contribution in [0, 0.1) is 23.5 Å². The zero-order chi connectivity index (χ0) is 17.0. The van der Waals surface area contributed by atoms with Crippen molar-refractivity contribution in [2.45, 2.75) is 52.1 Å². The molecule has 0 heterocycles. The molecule has 1 aliphatic rings. The van der Waals surface area contributed by atoms with Crippen LogP contribution in [0.2, 0.25) is 0 Å². The molecule has 0 radical (unpaired) electrons. The molecule has 5 heteroatoms. The molecule has 2 rings (SSSR count). The summed E-state index contributed by atoms with van der Waals surface area (Å²) in [6.07, 6.45) is 3.37. The zero-order valence-electron chi connectivity index (χ0n) is 14.0. The molecule has 23 heavy (non-hydrogen) atoms. The third kappa shape index (κ3) is 4.74. The Morgan fingerprint density at radius 3 is 2.74 bits per heavy atom. The van der Waals surface area contributed by atoms with Crippen molar-refractivity contribution in [1.82, 2.24) is 10.6 Å². The second kappa shape index (κ2) is 7.86. The minimum atomic E-state index is -0.600. The molecular formula is C18H26F2N2O. The van der Waals surface area contributed by atoms with E-state index in [1.54, 1.807) is 6.92 Å². The minimum absolute atomic E-state index is 0.0784. The van der Waals surface area contributed by atoms with Gasteiger partial charge < -0.3 is 10.6 Å². The predicted molar refractivity (Wildman–Crippen MR) is 86.9 cm³/mol. The Balaban J connectivity index is 1.84. The van der Waals surface area contributed by atoms with Crippen LogP contribution in [0.25, 0.3) is 0 Å². The molecule has 1 aliphatic carbocycles. The molecule has 1 fully saturated rings. The fourth-order valence-electron chi connectivity index (χ4n) is 3.25. The molecule has 0 bridgehead atoms. The van der Waals surface area contributed by atoms with Crippen LogP contribution in [0.4, 0.5) is 8.78 Å². The SMILES string of the molecule is CC(NCC(=O)NC1CCCC(C)C1C)c1ccc(F)cc1F. The Labute approximate surface area is 136 Å². The van der Waals surface area contributed by atoms with Crippen LogP contribution in [0.1, 0.15) is 51.6 Å². The fraction of sp³-hybridized carbons (Fsp3) is 0.611. The number of nitrogens with one attached hydrogen (secondary N) is 2. The summed E-state index contributed by atoms with van der Waals surface area (Å²) in [7, 11) is 0. The van der Waals surface area contributed by atoms with Gasteiger partial charge in [-0.25, -0.2) is 8.78 Å². The van der Waals surface area contributed by atoms with Crippen molar-refractivity contribution in [3.8, 4) is 0 Å². The summed E-state index contributed by atoms with van der Waals surface area (Å²) in [6.45, 7) is 6.28. The largest absolute Gasteiger partial charge is 0.352 e. The second-order valence-electron chi connectivity index (χ2n) is 6.71. The van der Waals surface area contributed by atoms with Gasteiger partial charge in [0.15, 0.2) is 0 Å². The first kappa shape index (κ1) is 17.9. The summed E-state index contributed by atoms with van der Waals surface area (Å²) in [5.74, 6) is -0.184. The van der Waals surface area contributed by atoms with E-state index in [4.69, 9.17) is 0 Å². The molecule has 0 aromatic heterocycles. The van der Waals surface area contributed by atoms with Gasteiger partial charge in [-0.2, -0.15) is 0 Å². The number of hydrogen-bond acceptors (Lipinski definition) is 2. The van der Waals surface area contributed by atoms with E-state index in [9.17, 15) is 13.6 Å². The number of halogens is 2. The van der Waals surface area contributed by atoms with Gasteiger partial charge in [0, 0.05) is 23.7 Å². The lowest BCUT2D eigenvalue weighted by Crippen LogP contribution is -2.46. The highest BCUT2D eigenvalue weighted by molar-refractivity contribution is 5.78. The summed E-state index contributed by atoms with van der Waals surface area (Å²) in [4.78, 5) is 12.1. The summed E-state index contributed by atoms with van der Waals surface area (Å²) < 4.78 is 26.6. The minimum Gasteiger partial charge on any atom is -0.352 e. The second-order valence-corrected chi connectivity index (χ2v) is 6.71. The van der Waals surface area contributed by atoms with Crippen LogP contribution in [0.5, 0.6) is 0 Å². The van der Waals surface area contributed by atoms with Gasteiger partial charge in [0.25, 0.3) is 0 Å². The lowest BCUT2D eigenvalue weighted by atomic mass is 9.78. The predicted octanol–water partition coefficient (Wildman–Crippen LogP) is 3.56. The molecule has 128 valence electrons. The number of benzene rings is 1. The van der Waals surface area contributed by atoms with Crippen LogP contribution in [-0.4, -0.2) is 18.5 Å². The van der Waals surface area contributed by atoms with Gasteiger partial charge in [-0.3, -0.25) is 4.79 Å². The standard InChI is InChI=1S/C18H26F2N2O/c1-11-5-4-6-17(12(11)2)22-18(23)10-21-13(3)15-8-7-14(19)9-16(15)20/h7-9,11-13,17,21H,4-6,10H2,1-3H3,(H,22,23). The third-order valence-corrected chi connectivity index (χ3v) is 5.05. The topological polar surface area (TPSA) is 41.1 Å². The molecule has 0 spiro atoms. The smallest absolute Gasteiger partial charge is 0.234 e. The van der Waals surface area contributed by atoms with Crippen molar-refractivity contribution in [2.24, 2.45) is 11.8 Å². The van der Waals surface area contributed by atoms with Crippen LogP contribution < -0.4 is 10.6 Å². The first-order chi connectivity index (χ1) is 10.9. The van der Waals surface area contributed by atoms with Gasteiger partial charge in [-0.1, -0.05) is 32.8 Å². The van der Waals surface area contributed by atoms with Crippen LogP contribution in [0.3, 0.4) is 0 Å². The lowest BCUT2D eigenvalue weighted by molar-refractivity contribution is -0.121. The van der Waals surface area contributed by atoms with E-state index in [2.05, 4.69) is 24.5 Å². The zero-order valence-corrected chi connectivity index (χ0v) is 14.0. The Morgan fingerprint density at radius 2 is 2.04 bits per heavy atom. The van der Waals surface area contributed by atoms with E-state index < -0.39 is 11.6 Å². The van der Waals surface area contributed by atoms with E-state index in [0.29, 0.717) is 17.4 Å². The first-order valence-corrected chi connectivity index (χ1v) is 8.36. The molecule has 1 aromatic rings. The van der Waals surface area contributed by atoms with Crippen molar-refractivity contribution < 1.29 is 13.6 Å². The highest BCUT2D eigenvalue weighted by atomic mass is 19.1. The van der Waals surface area contributed by atoms with E-state index in [1.807, 2.05) is 0 Å². The van der Waals surface area contributed by atoms with E-state index >= 15 is 0 Å². The molecule has 4 atom stereocenters. The summed E-state index contributed by atoms with van der Waals surface area (Å²) in [6, 6.07) is 3.35. The van der Waals surface area contributed by atoms with Crippen molar-refractivity contribution in [3.05, 3.63) is 35.4 Å². The van der Waals surface area contributed by atoms with Crippen molar-refractivity contribution >= 4 is 5.91 Å². The van der Waals surface area contributed by atoms with Crippen molar-refractivity contribution in [2.75, 3.05) is 6.54 Å². The maximum atomic E-state index is 13.7. The van der Waals surface area contributed by atoms with Gasteiger partial charge in [0.1, 0.15) is 11.6 Å². The van der Waals surface area contributed by atoms with Crippen molar-refractivity contribution in [3.63, 3.8) is 0 Å². The van der Waals surface area contributed by atoms with Crippen LogP contribution >= 0.6 is 0 Å². The Bertz CT molecular complexity index is 550. The third-order valence-electron chi connectivity index (χ3n) is 5.05. The first-order valence-electron chi connectivity index (χ1n) is 8.36. The number of carbonyl (C=O) groups excluding carboxylic acids is 1. The van der Waals surface area contributed by atoms with Gasteiger partial charge >= 0.3 is 0 Å². The van der Waals surface area contributed by atoms with Gasteiger partial charge in [-0.15, -0.1) is 0 Å². The average molecular weight is 324 g/mol. The number of carbonyl (C=O) groups is 1. The molecule has 2 N–H and O–H groups in total. The highest BCUT2D eigenvalue weighted by Gasteiger charge is 2.28. The molecule has 0 aliphatic heterocycles. The average Bonchev–Trinajstić information content (AvgIpc) is 2.49. The highest BCUT2D eigenvalue weighted by Crippen LogP contribution is 2.29.